The second kappa shape index (κ2) is 4.24. The van der Waals surface area contributed by atoms with Gasteiger partial charge in [-0.15, -0.1) is 0 Å². The zero-order valence-corrected chi connectivity index (χ0v) is 8.05. The van der Waals surface area contributed by atoms with Gasteiger partial charge in [0.25, 0.3) is 0 Å². The monoisotopic (exact) mass is 171 g/mol. The first-order chi connectivity index (χ1) is 5.69. The van der Waals surface area contributed by atoms with E-state index in [-0.39, 0.29) is 11.5 Å². The Labute approximate surface area is 75.2 Å². The number of hydrogen-bond acceptors (Lipinski definition) is 2. The van der Waals surface area contributed by atoms with E-state index in [1.165, 1.54) is 32.1 Å². The van der Waals surface area contributed by atoms with Gasteiger partial charge in [-0.2, -0.15) is 0 Å². The highest BCUT2D eigenvalue weighted by Gasteiger charge is 2.33. The molecule has 0 aromatic rings. The van der Waals surface area contributed by atoms with Crippen molar-refractivity contribution < 1.29 is 5.11 Å². The Bertz CT molecular complexity index is 130. The summed E-state index contributed by atoms with van der Waals surface area (Å²) in [6, 6.07) is 0. The molecule has 0 unspecified atom stereocenters. The Morgan fingerprint density at radius 1 is 1.33 bits per heavy atom. The van der Waals surface area contributed by atoms with Gasteiger partial charge in [0.1, 0.15) is 0 Å². The molecule has 1 rings (SSSR count). The number of nitrogens with two attached hydrogens (primary N) is 1. The first-order valence-electron chi connectivity index (χ1n) is 5.07. The van der Waals surface area contributed by atoms with Crippen molar-refractivity contribution in [3.63, 3.8) is 0 Å². The maximum Gasteiger partial charge on any atom is 0.0605 e. The molecule has 0 spiro atoms. The average Bonchev–Trinajstić information content (AvgIpc) is 2.06. The van der Waals surface area contributed by atoms with Crippen molar-refractivity contribution in [2.24, 2.45) is 11.1 Å². The van der Waals surface area contributed by atoms with E-state index in [9.17, 15) is 5.11 Å². The van der Waals surface area contributed by atoms with E-state index in [4.69, 9.17) is 5.73 Å². The summed E-state index contributed by atoms with van der Waals surface area (Å²) in [5.41, 5.74) is 5.60. The third kappa shape index (κ3) is 2.20. The van der Waals surface area contributed by atoms with Crippen LogP contribution in [0.4, 0.5) is 0 Å². The number of rotatable bonds is 3. The molecule has 1 aliphatic rings. The second-order valence-electron chi connectivity index (χ2n) is 4.31. The van der Waals surface area contributed by atoms with Crippen LogP contribution in [-0.2, 0) is 0 Å². The van der Waals surface area contributed by atoms with Crippen LogP contribution in [0.15, 0.2) is 0 Å². The van der Waals surface area contributed by atoms with Gasteiger partial charge in [0, 0.05) is 0 Å². The summed E-state index contributed by atoms with van der Waals surface area (Å²) in [6.07, 6.45) is 6.82. The lowest BCUT2D eigenvalue weighted by atomic mass is 9.71. The molecule has 0 radical (unpaired) electrons. The van der Waals surface area contributed by atoms with E-state index in [1.807, 2.05) is 0 Å². The van der Waals surface area contributed by atoms with Gasteiger partial charge in [0.15, 0.2) is 0 Å². The van der Waals surface area contributed by atoms with Crippen molar-refractivity contribution in [3.05, 3.63) is 0 Å². The van der Waals surface area contributed by atoms with Crippen LogP contribution in [0, 0.1) is 5.41 Å². The van der Waals surface area contributed by atoms with Crippen molar-refractivity contribution in [1.82, 2.24) is 0 Å². The third-order valence-corrected chi connectivity index (χ3v) is 3.24. The van der Waals surface area contributed by atoms with Gasteiger partial charge in [-0.05, 0) is 31.2 Å². The number of hydrogen-bond donors (Lipinski definition) is 2. The van der Waals surface area contributed by atoms with E-state index >= 15 is 0 Å². The second-order valence-corrected chi connectivity index (χ2v) is 4.31. The Morgan fingerprint density at radius 2 is 1.92 bits per heavy atom. The van der Waals surface area contributed by atoms with Crippen molar-refractivity contribution in [2.75, 3.05) is 6.54 Å². The summed E-state index contributed by atoms with van der Waals surface area (Å²) < 4.78 is 0. The van der Waals surface area contributed by atoms with Crippen molar-refractivity contribution in [3.8, 4) is 0 Å². The summed E-state index contributed by atoms with van der Waals surface area (Å²) in [5, 5.41) is 9.85. The Kier molecular flexibility index (Phi) is 3.53. The predicted octanol–water partition coefficient (Wildman–Crippen LogP) is 1.67. The molecule has 1 atom stereocenters. The summed E-state index contributed by atoms with van der Waals surface area (Å²) >= 11 is 0. The first kappa shape index (κ1) is 10.0. The fourth-order valence-electron chi connectivity index (χ4n) is 2.20. The van der Waals surface area contributed by atoms with Crippen molar-refractivity contribution in [2.45, 2.75) is 51.6 Å². The Hall–Kier alpha value is -0.0800. The highest BCUT2D eigenvalue weighted by atomic mass is 16.3. The van der Waals surface area contributed by atoms with Gasteiger partial charge in [0.2, 0.25) is 0 Å². The van der Waals surface area contributed by atoms with Gasteiger partial charge in [-0.25, -0.2) is 0 Å². The molecule has 1 fully saturated rings. The molecule has 3 N–H and O–H groups in total. The molecule has 0 heterocycles. The average molecular weight is 171 g/mol. The Balaban J connectivity index is 2.44. The van der Waals surface area contributed by atoms with Crippen LogP contribution in [0.2, 0.25) is 0 Å². The van der Waals surface area contributed by atoms with Gasteiger partial charge in [-0.1, -0.05) is 26.2 Å². The summed E-state index contributed by atoms with van der Waals surface area (Å²) in [4.78, 5) is 0. The fraction of sp³-hybridized carbons (Fsp3) is 1.00. The van der Waals surface area contributed by atoms with E-state index < -0.39 is 0 Å². The normalized spacial score (nSPS) is 25.2. The smallest absolute Gasteiger partial charge is 0.0605 e. The summed E-state index contributed by atoms with van der Waals surface area (Å²) in [5.74, 6) is 0. The first-order valence-corrected chi connectivity index (χ1v) is 5.07. The molecule has 2 nitrogen and oxygen atoms in total. The van der Waals surface area contributed by atoms with Crippen molar-refractivity contribution in [1.29, 1.82) is 0 Å². The van der Waals surface area contributed by atoms with Crippen molar-refractivity contribution >= 4 is 0 Å². The number of aliphatic hydroxyl groups excluding tert-OH is 1. The van der Waals surface area contributed by atoms with E-state index in [0.29, 0.717) is 6.54 Å². The van der Waals surface area contributed by atoms with Crippen LogP contribution in [0.25, 0.3) is 0 Å². The molecular weight excluding hydrogens is 150 g/mol. The zero-order chi connectivity index (χ0) is 9.03. The standard InChI is InChI=1S/C10H21NO/c1-10(9(12)5-8-11)6-3-2-4-7-10/h9,12H,2-8,11H2,1H3/t9-/m1/s1. The van der Waals surface area contributed by atoms with Gasteiger partial charge in [0.05, 0.1) is 6.10 Å². The highest BCUT2D eigenvalue weighted by molar-refractivity contribution is 4.85. The molecule has 0 aromatic carbocycles. The molecule has 2 heteroatoms. The van der Waals surface area contributed by atoms with E-state index in [0.717, 1.165) is 6.42 Å². The minimum absolute atomic E-state index is 0.164. The summed E-state index contributed by atoms with van der Waals surface area (Å²) in [6.45, 7) is 2.81. The molecule has 12 heavy (non-hydrogen) atoms. The van der Waals surface area contributed by atoms with E-state index in [1.54, 1.807) is 0 Å². The van der Waals surface area contributed by atoms with Crippen LogP contribution < -0.4 is 5.73 Å². The van der Waals surface area contributed by atoms with Crippen LogP contribution >= 0.6 is 0 Å². The van der Waals surface area contributed by atoms with Crippen LogP contribution in [0.3, 0.4) is 0 Å². The molecule has 72 valence electrons. The molecular formula is C10H21NO. The molecule has 0 saturated heterocycles. The van der Waals surface area contributed by atoms with Crippen LogP contribution in [-0.4, -0.2) is 17.8 Å². The molecule has 0 aliphatic heterocycles. The molecule has 0 bridgehead atoms. The maximum atomic E-state index is 9.85. The van der Waals surface area contributed by atoms with Gasteiger partial charge >= 0.3 is 0 Å². The van der Waals surface area contributed by atoms with Gasteiger partial charge < -0.3 is 10.8 Å². The maximum absolute atomic E-state index is 9.85. The topological polar surface area (TPSA) is 46.2 Å². The molecule has 0 amide bonds. The van der Waals surface area contributed by atoms with Gasteiger partial charge in [-0.3, -0.25) is 0 Å². The highest BCUT2D eigenvalue weighted by Crippen LogP contribution is 2.39. The minimum atomic E-state index is -0.178. The molecule has 1 aliphatic carbocycles. The Morgan fingerprint density at radius 3 is 2.42 bits per heavy atom. The zero-order valence-electron chi connectivity index (χ0n) is 8.05. The minimum Gasteiger partial charge on any atom is -0.393 e. The number of aliphatic hydroxyl groups is 1. The van der Waals surface area contributed by atoms with Crippen LogP contribution in [0.5, 0.6) is 0 Å². The fourth-order valence-corrected chi connectivity index (χ4v) is 2.20. The molecule has 1 saturated carbocycles. The lowest BCUT2D eigenvalue weighted by Crippen LogP contribution is -2.35. The summed E-state index contributed by atoms with van der Waals surface area (Å²) in [7, 11) is 0. The third-order valence-electron chi connectivity index (χ3n) is 3.24. The van der Waals surface area contributed by atoms with E-state index in [2.05, 4.69) is 6.92 Å². The largest absolute Gasteiger partial charge is 0.393 e. The predicted molar refractivity (Wildman–Crippen MR) is 50.9 cm³/mol. The van der Waals surface area contributed by atoms with Crippen LogP contribution in [0.1, 0.15) is 45.4 Å². The molecule has 0 aromatic heterocycles. The lowest BCUT2D eigenvalue weighted by molar-refractivity contribution is 0.00602. The lowest BCUT2D eigenvalue weighted by Gasteiger charge is -2.37. The SMILES string of the molecule is CC1([C@H](O)CCN)CCCCC1. The quantitative estimate of drug-likeness (QED) is 0.678.